The first-order valence-electron chi connectivity index (χ1n) is 6.61. The molecule has 104 valence electrons. The largest absolute Gasteiger partial charge is 0.492 e. The van der Waals surface area contributed by atoms with Crippen molar-refractivity contribution in [3.8, 4) is 5.75 Å². The summed E-state index contributed by atoms with van der Waals surface area (Å²) < 4.78 is 5.38. The van der Waals surface area contributed by atoms with Crippen LogP contribution >= 0.6 is 0 Å². The molecule has 0 saturated carbocycles. The van der Waals surface area contributed by atoms with E-state index in [0.29, 0.717) is 13.2 Å². The summed E-state index contributed by atoms with van der Waals surface area (Å²) in [6.45, 7) is 2.82. The van der Waals surface area contributed by atoms with E-state index in [1.807, 2.05) is 31.3 Å². The third-order valence-corrected chi connectivity index (χ3v) is 3.27. The Morgan fingerprint density at radius 1 is 1.47 bits per heavy atom. The van der Waals surface area contributed by atoms with Crippen molar-refractivity contribution < 1.29 is 9.53 Å². The van der Waals surface area contributed by atoms with Crippen molar-refractivity contribution in [2.75, 3.05) is 38.6 Å². The number of carbonyl (C=O) groups excluding carboxylic acids is 1. The first kappa shape index (κ1) is 13.8. The number of anilines is 1. The van der Waals surface area contributed by atoms with E-state index in [1.54, 1.807) is 0 Å². The number of amides is 1. The standard InChI is InChI=1S/C14H21N3O2/c1-17-8-6-11(10-17)14(18)16-12-2-4-13(5-3-12)19-9-7-15/h2-5,11H,6-10,15H2,1H3,(H,16,18). The van der Waals surface area contributed by atoms with E-state index in [1.165, 1.54) is 0 Å². The van der Waals surface area contributed by atoms with Gasteiger partial charge in [-0.3, -0.25) is 4.79 Å². The SMILES string of the molecule is CN1CCC(C(=O)Nc2ccc(OCCN)cc2)C1. The summed E-state index contributed by atoms with van der Waals surface area (Å²) in [6.07, 6.45) is 0.931. The highest BCUT2D eigenvalue weighted by Gasteiger charge is 2.25. The van der Waals surface area contributed by atoms with E-state index in [4.69, 9.17) is 10.5 Å². The molecule has 1 amide bonds. The first-order chi connectivity index (χ1) is 9.19. The smallest absolute Gasteiger partial charge is 0.228 e. The van der Waals surface area contributed by atoms with Crippen molar-refractivity contribution in [2.24, 2.45) is 11.7 Å². The van der Waals surface area contributed by atoms with Gasteiger partial charge in [-0.1, -0.05) is 0 Å². The molecule has 0 aromatic heterocycles. The maximum Gasteiger partial charge on any atom is 0.228 e. The molecule has 0 radical (unpaired) electrons. The van der Waals surface area contributed by atoms with Crippen LogP contribution < -0.4 is 15.8 Å². The number of benzene rings is 1. The van der Waals surface area contributed by atoms with E-state index in [-0.39, 0.29) is 11.8 Å². The lowest BCUT2D eigenvalue weighted by molar-refractivity contribution is -0.119. The zero-order valence-electron chi connectivity index (χ0n) is 11.3. The fraction of sp³-hybridized carbons (Fsp3) is 0.500. The molecule has 1 aliphatic rings. The van der Waals surface area contributed by atoms with Gasteiger partial charge in [-0.05, 0) is 44.3 Å². The summed E-state index contributed by atoms with van der Waals surface area (Å²) in [5.74, 6) is 0.960. The Hall–Kier alpha value is -1.59. The minimum Gasteiger partial charge on any atom is -0.492 e. The highest BCUT2D eigenvalue weighted by molar-refractivity contribution is 5.92. The molecule has 1 saturated heterocycles. The van der Waals surface area contributed by atoms with Crippen molar-refractivity contribution in [1.29, 1.82) is 0 Å². The quantitative estimate of drug-likeness (QED) is 0.829. The summed E-state index contributed by atoms with van der Waals surface area (Å²) in [6, 6.07) is 7.38. The molecular weight excluding hydrogens is 242 g/mol. The molecule has 0 aliphatic carbocycles. The van der Waals surface area contributed by atoms with Gasteiger partial charge in [-0.25, -0.2) is 0 Å². The van der Waals surface area contributed by atoms with Crippen LogP contribution in [0.4, 0.5) is 5.69 Å². The third-order valence-electron chi connectivity index (χ3n) is 3.27. The molecule has 0 bridgehead atoms. The number of likely N-dealkylation sites (tertiary alicyclic amines) is 1. The molecule has 0 spiro atoms. The van der Waals surface area contributed by atoms with Gasteiger partial charge in [-0.2, -0.15) is 0 Å². The maximum absolute atomic E-state index is 12.0. The fourth-order valence-corrected chi connectivity index (χ4v) is 2.20. The van der Waals surface area contributed by atoms with Gasteiger partial charge in [0.15, 0.2) is 0 Å². The Kier molecular flexibility index (Phi) is 4.76. The van der Waals surface area contributed by atoms with Crippen molar-refractivity contribution in [2.45, 2.75) is 6.42 Å². The maximum atomic E-state index is 12.0. The molecule has 1 heterocycles. The Labute approximate surface area is 113 Å². The molecule has 5 heteroatoms. The van der Waals surface area contributed by atoms with Crippen LogP contribution in [-0.4, -0.2) is 44.1 Å². The molecule has 1 aliphatic heterocycles. The zero-order valence-corrected chi connectivity index (χ0v) is 11.3. The van der Waals surface area contributed by atoms with Crippen LogP contribution in [0.15, 0.2) is 24.3 Å². The zero-order chi connectivity index (χ0) is 13.7. The molecule has 1 unspecified atom stereocenters. The highest BCUT2D eigenvalue weighted by atomic mass is 16.5. The number of nitrogens with zero attached hydrogens (tertiary/aromatic N) is 1. The van der Waals surface area contributed by atoms with Gasteiger partial charge in [0, 0.05) is 18.8 Å². The van der Waals surface area contributed by atoms with Crippen LogP contribution in [0.1, 0.15) is 6.42 Å². The molecule has 1 atom stereocenters. The Balaban J connectivity index is 1.87. The van der Waals surface area contributed by atoms with Crippen molar-refractivity contribution in [1.82, 2.24) is 4.90 Å². The van der Waals surface area contributed by atoms with Crippen LogP contribution in [0.5, 0.6) is 5.75 Å². The number of rotatable bonds is 5. The van der Waals surface area contributed by atoms with Crippen LogP contribution in [-0.2, 0) is 4.79 Å². The lowest BCUT2D eigenvalue weighted by atomic mass is 10.1. The lowest BCUT2D eigenvalue weighted by Gasteiger charge is -2.12. The summed E-state index contributed by atoms with van der Waals surface area (Å²) in [4.78, 5) is 14.2. The van der Waals surface area contributed by atoms with Crippen LogP contribution in [0.3, 0.4) is 0 Å². The predicted octanol–water partition coefficient (Wildman–Crippen LogP) is 0.914. The number of ether oxygens (including phenoxy) is 1. The van der Waals surface area contributed by atoms with Crippen LogP contribution in [0.25, 0.3) is 0 Å². The van der Waals surface area contributed by atoms with E-state index in [0.717, 1.165) is 30.9 Å². The summed E-state index contributed by atoms with van der Waals surface area (Å²) >= 11 is 0. The monoisotopic (exact) mass is 263 g/mol. The summed E-state index contributed by atoms with van der Waals surface area (Å²) in [7, 11) is 2.04. The van der Waals surface area contributed by atoms with Crippen LogP contribution in [0, 0.1) is 5.92 Å². The Bertz CT molecular complexity index is 419. The number of nitrogens with two attached hydrogens (primary N) is 1. The lowest BCUT2D eigenvalue weighted by Crippen LogP contribution is -2.25. The minimum atomic E-state index is 0.0955. The van der Waals surface area contributed by atoms with Crippen LogP contribution in [0.2, 0.25) is 0 Å². The third kappa shape index (κ3) is 3.94. The molecule has 3 N–H and O–H groups in total. The Morgan fingerprint density at radius 2 is 2.21 bits per heavy atom. The van der Waals surface area contributed by atoms with Gasteiger partial charge in [0.25, 0.3) is 0 Å². The number of carbonyl (C=O) groups is 1. The van der Waals surface area contributed by atoms with Crippen molar-refractivity contribution >= 4 is 11.6 Å². The molecule has 19 heavy (non-hydrogen) atoms. The molecule has 5 nitrogen and oxygen atoms in total. The van der Waals surface area contributed by atoms with E-state index >= 15 is 0 Å². The molecule has 1 aromatic rings. The number of hydrogen-bond donors (Lipinski definition) is 2. The molecule has 1 fully saturated rings. The summed E-state index contributed by atoms with van der Waals surface area (Å²) in [5, 5.41) is 2.94. The average Bonchev–Trinajstić information content (AvgIpc) is 2.85. The molecule has 2 rings (SSSR count). The van der Waals surface area contributed by atoms with Gasteiger partial charge in [0.05, 0.1) is 5.92 Å². The second-order valence-corrected chi connectivity index (χ2v) is 4.90. The fourth-order valence-electron chi connectivity index (χ4n) is 2.20. The minimum absolute atomic E-state index is 0.0955. The second-order valence-electron chi connectivity index (χ2n) is 4.90. The predicted molar refractivity (Wildman–Crippen MR) is 75.2 cm³/mol. The highest BCUT2D eigenvalue weighted by Crippen LogP contribution is 2.19. The van der Waals surface area contributed by atoms with E-state index < -0.39 is 0 Å². The van der Waals surface area contributed by atoms with E-state index in [2.05, 4.69) is 10.2 Å². The number of nitrogens with one attached hydrogen (secondary N) is 1. The summed E-state index contributed by atoms with van der Waals surface area (Å²) in [5.41, 5.74) is 6.17. The molecular formula is C14H21N3O2. The van der Waals surface area contributed by atoms with Gasteiger partial charge in [0.2, 0.25) is 5.91 Å². The van der Waals surface area contributed by atoms with Gasteiger partial charge in [0.1, 0.15) is 12.4 Å². The second kappa shape index (κ2) is 6.54. The topological polar surface area (TPSA) is 67.6 Å². The van der Waals surface area contributed by atoms with Gasteiger partial charge >= 0.3 is 0 Å². The average molecular weight is 263 g/mol. The normalized spacial score (nSPS) is 19.4. The van der Waals surface area contributed by atoms with Crippen molar-refractivity contribution in [3.63, 3.8) is 0 Å². The first-order valence-corrected chi connectivity index (χ1v) is 6.61. The Morgan fingerprint density at radius 3 is 2.79 bits per heavy atom. The molecule has 1 aromatic carbocycles. The van der Waals surface area contributed by atoms with Gasteiger partial charge in [-0.15, -0.1) is 0 Å². The number of hydrogen-bond acceptors (Lipinski definition) is 4. The van der Waals surface area contributed by atoms with Crippen molar-refractivity contribution in [3.05, 3.63) is 24.3 Å². The van der Waals surface area contributed by atoms with Gasteiger partial charge < -0.3 is 20.7 Å². The van der Waals surface area contributed by atoms with E-state index in [9.17, 15) is 4.79 Å².